The molecule has 0 fully saturated rings. The standard InChI is InChI=1S/C13H21FN4O/c1-4-9(3)8-18(5-2)13(19)10-6-7-16-12(17-15)11(10)14/h6-7,9H,4-5,8,15H2,1-3H3,(H,16,17). The molecule has 3 N–H and O–H groups in total. The number of hydrogen-bond donors (Lipinski definition) is 2. The van der Waals surface area contributed by atoms with Gasteiger partial charge in [0.15, 0.2) is 11.6 Å². The molecule has 0 aliphatic rings. The van der Waals surface area contributed by atoms with E-state index in [9.17, 15) is 9.18 Å². The van der Waals surface area contributed by atoms with E-state index < -0.39 is 5.82 Å². The summed E-state index contributed by atoms with van der Waals surface area (Å²) >= 11 is 0. The van der Waals surface area contributed by atoms with E-state index in [1.807, 2.05) is 6.92 Å². The third-order valence-corrected chi connectivity index (χ3v) is 3.15. The maximum absolute atomic E-state index is 14.0. The molecule has 0 aromatic carbocycles. The number of rotatable bonds is 6. The van der Waals surface area contributed by atoms with Gasteiger partial charge in [0.25, 0.3) is 5.91 Å². The number of pyridine rings is 1. The van der Waals surface area contributed by atoms with Gasteiger partial charge in [-0.25, -0.2) is 15.2 Å². The van der Waals surface area contributed by atoms with Gasteiger partial charge in [-0.15, -0.1) is 0 Å². The Morgan fingerprint density at radius 1 is 1.58 bits per heavy atom. The molecular formula is C13H21FN4O. The van der Waals surface area contributed by atoms with Gasteiger partial charge < -0.3 is 10.3 Å². The first-order valence-corrected chi connectivity index (χ1v) is 6.45. The van der Waals surface area contributed by atoms with Crippen LogP contribution in [0.25, 0.3) is 0 Å². The van der Waals surface area contributed by atoms with E-state index >= 15 is 0 Å². The van der Waals surface area contributed by atoms with Crippen LogP contribution in [0.5, 0.6) is 0 Å². The van der Waals surface area contributed by atoms with E-state index in [1.54, 1.807) is 4.90 Å². The third-order valence-electron chi connectivity index (χ3n) is 3.15. The van der Waals surface area contributed by atoms with Gasteiger partial charge in [0.2, 0.25) is 0 Å². The zero-order valence-electron chi connectivity index (χ0n) is 11.6. The molecule has 6 heteroatoms. The number of nitrogen functional groups attached to an aromatic ring is 1. The number of hydrazine groups is 1. The van der Waals surface area contributed by atoms with E-state index in [0.717, 1.165) is 6.42 Å². The minimum Gasteiger partial charge on any atom is -0.339 e. The van der Waals surface area contributed by atoms with E-state index in [0.29, 0.717) is 19.0 Å². The van der Waals surface area contributed by atoms with Gasteiger partial charge in [0, 0.05) is 19.3 Å². The number of amides is 1. The molecule has 1 atom stereocenters. The molecule has 0 radical (unpaired) electrons. The van der Waals surface area contributed by atoms with Crippen LogP contribution in [0.2, 0.25) is 0 Å². The molecule has 19 heavy (non-hydrogen) atoms. The summed E-state index contributed by atoms with van der Waals surface area (Å²) in [5.74, 6) is 4.36. The van der Waals surface area contributed by atoms with Crippen molar-refractivity contribution in [3.8, 4) is 0 Å². The maximum Gasteiger partial charge on any atom is 0.257 e. The zero-order valence-corrected chi connectivity index (χ0v) is 11.6. The molecule has 0 aliphatic heterocycles. The molecule has 0 spiro atoms. The van der Waals surface area contributed by atoms with E-state index in [4.69, 9.17) is 5.84 Å². The second-order valence-electron chi connectivity index (χ2n) is 4.52. The van der Waals surface area contributed by atoms with Crippen LogP contribution in [-0.4, -0.2) is 28.9 Å². The van der Waals surface area contributed by atoms with Crippen LogP contribution in [0.4, 0.5) is 10.2 Å². The molecule has 1 aromatic rings. The summed E-state index contributed by atoms with van der Waals surface area (Å²) in [6, 6.07) is 1.37. The second kappa shape index (κ2) is 7.04. The average molecular weight is 268 g/mol. The van der Waals surface area contributed by atoms with Crippen molar-refractivity contribution in [1.29, 1.82) is 0 Å². The molecule has 0 saturated heterocycles. The van der Waals surface area contributed by atoms with E-state index in [2.05, 4.69) is 24.3 Å². The first kappa shape index (κ1) is 15.4. The lowest BCUT2D eigenvalue weighted by atomic mass is 10.1. The van der Waals surface area contributed by atoms with E-state index in [-0.39, 0.29) is 17.3 Å². The summed E-state index contributed by atoms with van der Waals surface area (Å²) in [5, 5.41) is 0. The fourth-order valence-electron chi connectivity index (χ4n) is 1.74. The van der Waals surface area contributed by atoms with Crippen molar-refractivity contribution in [2.24, 2.45) is 11.8 Å². The lowest BCUT2D eigenvalue weighted by Gasteiger charge is -2.24. The smallest absolute Gasteiger partial charge is 0.257 e. The van der Waals surface area contributed by atoms with E-state index in [1.165, 1.54) is 12.3 Å². The van der Waals surface area contributed by atoms with Crippen LogP contribution in [0, 0.1) is 11.7 Å². The van der Waals surface area contributed by atoms with Gasteiger partial charge in [0.1, 0.15) is 0 Å². The predicted octanol–water partition coefficient (Wildman–Crippen LogP) is 2.01. The number of hydrogen-bond acceptors (Lipinski definition) is 4. The summed E-state index contributed by atoms with van der Waals surface area (Å²) in [6.07, 6.45) is 2.33. The lowest BCUT2D eigenvalue weighted by Crippen LogP contribution is -2.35. The Balaban J connectivity index is 2.97. The summed E-state index contributed by atoms with van der Waals surface area (Å²) in [6.45, 7) is 7.15. The summed E-state index contributed by atoms with van der Waals surface area (Å²) < 4.78 is 14.0. The molecule has 5 nitrogen and oxygen atoms in total. The zero-order chi connectivity index (χ0) is 14.4. The maximum atomic E-state index is 14.0. The highest BCUT2D eigenvalue weighted by molar-refractivity contribution is 5.95. The molecule has 1 amide bonds. The molecule has 0 saturated carbocycles. The van der Waals surface area contributed by atoms with Crippen LogP contribution < -0.4 is 11.3 Å². The molecule has 0 bridgehead atoms. The number of aromatic nitrogens is 1. The van der Waals surface area contributed by atoms with Crippen molar-refractivity contribution in [3.05, 3.63) is 23.6 Å². The van der Waals surface area contributed by atoms with Crippen molar-refractivity contribution < 1.29 is 9.18 Å². The van der Waals surface area contributed by atoms with Crippen molar-refractivity contribution >= 4 is 11.7 Å². The molecule has 106 valence electrons. The fourth-order valence-corrected chi connectivity index (χ4v) is 1.74. The topological polar surface area (TPSA) is 71.2 Å². The Kier molecular flexibility index (Phi) is 5.69. The normalized spacial score (nSPS) is 12.1. The average Bonchev–Trinajstić information content (AvgIpc) is 2.44. The van der Waals surface area contributed by atoms with Crippen LogP contribution in [0.1, 0.15) is 37.6 Å². The van der Waals surface area contributed by atoms with Crippen LogP contribution >= 0.6 is 0 Å². The highest BCUT2D eigenvalue weighted by Crippen LogP contribution is 2.17. The Labute approximate surface area is 113 Å². The number of anilines is 1. The summed E-state index contributed by atoms with van der Waals surface area (Å²) in [4.78, 5) is 17.7. The molecule has 1 unspecified atom stereocenters. The molecule has 1 heterocycles. The van der Waals surface area contributed by atoms with Crippen LogP contribution in [0.15, 0.2) is 12.3 Å². The number of halogens is 1. The van der Waals surface area contributed by atoms with Gasteiger partial charge in [-0.3, -0.25) is 4.79 Å². The predicted molar refractivity (Wildman–Crippen MR) is 73.0 cm³/mol. The van der Waals surface area contributed by atoms with Gasteiger partial charge in [-0.1, -0.05) is 20.3 Å². The first-order chi connectivity index (χ1) is 9.04. The Bertz CT molecular complexity index is 439. The summed E-state index contributed by atoms with van der Waals surface area (Å²) in [5.41, 5.74) is 2.14. The Morgan fingerprint density at radius 2 is 2.26 bits per heavy atom. The third kappa shape index (κ3) is 3.64. The second-order valence-corrected chi connectivity index (χ2v) is 4.52. The fraction of sp³-hybridized carbons (Fsp3) is 0.538. The number of nitrogens with zero attached hydrogens (tertiary/aromatic N) is 2. The molecule has 0 aliphatic carbocycles. The van der Waals surface area contributed by atoms with Gasteiger partial charge >= 0.3 is 0 Å². The monoisotopic (exact) mass is 268 g/mol. The first-order valence-electron chi connectivity index (χ1n) is 6.45. The Hall–Kier alpha value is -1.69. The highest BCUT2D eigenvalue weighted by Gasteiger charge is 2.21. The SMILES string of the molecule is CCC(C)CN(CC)C(=O)c1ccnc(NN)c1F. The van der Waals surface area contributed by atoms with Crippen molar-refractivity contribution in [1.82, 2.24) is 9.88 Å². The summed E-state index contributed by atoms with van der Waals surface area (Å²) in [7, 11) is 0. The number of carbonyl (C=O) groups excluding carboxylic acids is 1. The van der Waals surface area contributed by atoms with Crippen molar-refractivity contribution in [3.63, 3.8) is 0 Å². The van der Waals surface area contributed by atoms with Gasteiger partial charge in [0.05, 0.1) is 5.56 Å². The molecule has 1 rings (SSSR count). The number of nitrogens with one attached hydrogen (secondary N) is 1. The van der Waals surface area contributed by atoms with Gasteiger partial charge in [-0.05, 0) is 18.9 Å². The van der Waals surface area contributed by atoms with Crippen LogP contribution in [-0.2, 0) is 0 Å². The minimum atomic E-state index is -0.711. The number of carbonyl (C=O) groups is 1. The lowest BCUT2D eigenvalue weighted by molar-refractivity contribution is 0.0736. The minimum absolute atomic E-state index is 0.00639. The Morgan fingerprint density at radius 3 is 2.79 bits per heavy atom. The highest BCUT2D eigenvalue weighted by atomic mass is 19.1. The van der Waals surface area contributed by atoms with Crippen LogP contribution in [0.3, 0.4) is 0 Å². The quantitative estimate of drug-likeness (QED) is 0.611. The van der Waals surface area contributed by atoms with Gasteiger partial charge in [-0.2, -0.15) is 0 Å². The largest absolute Gasteiger partial charge is 0.339 e. The molecule has 1 aromatic heterocycles. The molecular weight excluding hydrogens is 247 g/mol. The number of nitrogens with two attached hydrogens (primary N) is 1. The van der Waals surface area contributed by atoms with Crippen molar-refractivity contribution in [2.75, 3.05) is 18.5 Å². The van der Waals surface area contributed by atoms with Crippen molar-refractivity contribution in [2.45, 2.75) is 27.2 Å².